The fraction of sp³-hybridized carbons (Fsp3) is 0.778. The zero-order valence-corrected chi connectivity index (χ0v) is 15.1. The summed E-state index contributed by atoms with van der Waals surface area (Å²) in [5, 5.41) is 0. The van der Waals surface area contributed by atoms with Gasteiger partial charge in [-0.3, -0.25) is 9.69 Å². The first-order valence-electron chi connectivity index (χ1n) is 8.85. The van der Waals surface area contributed by atoms with Crippen molar-refractivity contribution in [1.82, 2.24) is 14.8 Å². The number of aromatic nitrogens is 1. The molecular formula is C18H31N3O2. The molecule has 2 rings (SSSR count). The number of amides is 1. The van der Waals surface area contributed by atoms with Crippen LogP contribution in [0.1, 0.15) is 65.0 Å². The lowest BCUT2D eigenvalue weighted by Gasteiger charge is -2.21. The highest BCUT2D eigenvalue weighted by molar-refractivity contribution is 5.76. The predicted octanol–water partition coefficient (Wildman–Crippen LogP) is 3.20. The minimum absolute atomic E-state index is 0.00741. The Morgan fingerprint density at radius 3 is 2.70 bits per heavy atom. The van der Waals surface area contributed by atoms with Crippen LogP contribution in [-0.2, 0) is 16.8 Å². The van der Waals surface area contributed by atoms with Crippen LogP contribution in [0, 0.1) is 0 Å². The summed E-state index contributed by atoms with van der Waals surface area (Å²) in [6, 6.07) is 0. The lowest BCUT2D eigenvalue weighted by molar-refractivity contribution is -0.131. The Morgan fingerprint density at radius 2 is 2.04 bits per heavy atom. The van der Waals surface area contributed by atoms with Gasteiger partial charge in [0, 0.05) is 38.0 Å². The second-order valence-electron chi connectivity index (χ2n) is 7.48. The van der Waals surface area contributed by atoms with E-state index in [1.807, 2.05) is 11.1 Å². The zero-order valence-electron chi connectivity index (χ0n) is 15.1. The number of oxazole rings is 1. The van der Waals surface area contributed by atoms with Crippen molar-refractivity contribution in [3.63, 3.8) is 0 Å². The van der Waals surface area contributed by atoms with E-state index in [9.17, 15) is 4.79 Å². The Balaban J connectivity index is 1.86. The molecule has 0 saturated carbocycles. The molecule has 0 spiro atoms. The molecule has 1 fully saturated rings. The van der Waals surface area contributed by atoms with E-state index >= 15 is 0 Å². The van der Waals surface area contributed by atoms with Crippen molar-refractivity contribution in [2.75, 3.05) is 26.2 Å². The normalized spacial score (nSPS) is 17.3. The molecule has 23 heavy (non-hydrogen) atoms. The average molecular weight is 321 g/mol. The van der Waals surface area contributed by atoms with E-state index in [0.717, 1.165) is 63.6 Å². The van der Waals surface area contributed by atoms with E-state index in [4.69, 9.17) is 4.42 Å². The summed E-state index contributed by atoms with van der Waals surface area (Å²) < 4.78 is 5.89. The largest absolute Gasteiger partial charge is 0.444 e. The number of carbonyl (C=O) groups excluding carboxylic acids is 1. The van der Waals surface area contributed by atoms with E-state index in [0.29, 0.717) is 12.3 Å². The van der Waals surface area contributed by atoms with Gasteiger partial charge in [0.05, 0.1) is 12.7 Å². The van der Waals surface area contributed by atoms with Gasteiger partial charge in [-0.05, 0) is 12.8 Å². The molecule has 1 aliphatic rings. The Morgan fingerprint density at radius 1 is 1.26 bits per heavy atom. The van der Waals surface area contributed by atoms with Crippen LogP contribution in [0.15, 0.2) is 10.6 Å². The lowest BCUT2D eigenvalue weighted by atomic mass is 9.94. The number of hydrogen-bond acceptors (Lipinski definition) is 4. The van der Waals surface area contributed by atoms with Gasteiger partial charge in [-0.25, -0.2) is 4.98 Å². The van der Waals surface area contributed by atoms with Gasteiger partial charge < -0.3 is 9.32 Å². The Bertz CT molecular complexity index is 505. The Labute approximate surface area is 140 Å². The topological polar surface area (TPSA) is 49.6 Å². The highest BCUT2D eigenvalue weighted by Crippen LogP contribution is 2.23. The highest BCUT2D eigenvalue weighted by Gasteiger charge is 2.22. The maximum absolute atomic E-state index is 12.2. The molecule has 0 atom stereocenters. The molecule has 2 heterocycles. The van der Waals surface area contributed by atoms with Crippen molar-refractivity contribution in [3.8, 4) is 0 Å². The molecule has 0 aromatic carbocycles. The monoisotopic (exact) mass is 321 g/mol. The van der Waals surface area contributed by atoms with Gasteiger partial charge in [0.1, 0.15) is 5.76 Å². The van der Waals surface area contributed by atoms with Crippen LogP contribution in [0.3, 0.4) is 0 Å². The Kier molecular flexibility index (Phi) is 6.22. The third-order valence-corrected chi connectivity index (χ3v) is 4.34. The van der Waals surface area contributed by atoms with Gasteiger partial charge >= 0.3 is 0 Å². The molecular weight excluding hydrogens is 290 g/mol. The van der Waals surface area contributed by atoms with Gasteiger partial charge in [-0.1, -0.05) is 34.1 Å². The molecule has 5 heteroatoms. The summed E-state index contributed by atoms with van der Waals surface area (Å²) in [6.07, 6.45) is 5.61. The SMILES string of the molecule is CCCCC(=O)N1CCCN(Cc2ncc(C(C)(C)C)o2)CC1. The van der Waals surface area contributed by atoms with Crippen LogP contribution < -0.4 is 0 Å². The molecule has 0 unspecified atom stereocenters. The van der Waals surface area contributed by atoms with Gasteiger partial charge in [-0.2, -0.15) is 0 Å². The third-order valence-electron chi connectivity index (χ3n) is 4.34. The fourth-order valence-corrected chi connectivity index (χ4v) is 2.79. The van der Waals surface area contributed by atoms with Crippen LogP contribution in [0.2, 0.25) is 0 Å². The van der Waals surface area contributed by atoms with Crippen molar-refractivity contribution in [1.29, 1.82) is 0 Å². The van der Waals surface area contributed by atoms with Gasteiger partial charge in [0.15, 0.2) is 0 Å². The first kappa shape index (κ1) is 18.0. The van der Waals surface area contributed by atoms with Crippen molar-refractivity contribution in [3.05, 3.63) is 17.8 Å². The average Bonchev–Trinajstić information content (AvgIpc) is 2.84. The Hall–Kier alpha value is -1.36. The minimum atomic E-state index is -0.00741. The van der Waals surface area contributed by atoms with Crippen LogP contribution >= 0.6 is 0 Å². The van der Waals surface area contributed by atoms with Gasteiger partial charge in [-0.15, -0.1) is 0 Å². The van der Waals surface area contributed by atoms with Crippen molar-refractivity contribution in [2.24, 2.45) is 0 Å². The number of rotatable bonds is 5. The summed E-state index contributed by atoms with van der Waals surface area (Å²) >= 11 is 0. The number of unbranched alkanes of at least 4 members (excludes halogenated alkanes) is 1. The molecule has 1 saturated heterocycles. The number of nitrogens with zero attached hydrogens (tertiary/aromatic N) is 3. The van der Waals surface area contributed by atoms with E-state index in [2.05, 4.69) is 37.6 Å². The zero-order chi connectivity index (χ0) is 16.9. The quantitative estimate of drug-likeness (QED) is 0.835. The van der Waals surface area contributed by atoms with Gasteiger partial charge in [0.2, 0.25) is 11.8 Å². The maximum Gasteiger partial charge on any atom is 0.222 e. The molecule has 1 aromatic heterocycles. The van der Waals surface area contributed by atoms with E-state index in [1.54, 1.807) is 0 Å². The highest BCUT2D eigenvalue weighted by atomic mass is 16.4. The number of hydrogen-bond donors (Lipinski definition) is 0. The third kappa shape index (κ3) is 5.34. The van der Waals surface area contributed by atoms with Crippen LogP contribution in [-0.4, -0.2) is 46.9 Å². The van der Waals surface area contributed by atoms with Crippen LogP contribution in [0.25, 0.3) is 0 Å². The van der Waals surface area contributed by atoms with Crippen molar-refractivity contribution >= 4 is 5.91 Å². The first-order valence-corrected chi connectivity index (χ1v) is 8.85. The molecule has 0 bridgehead atoms. The predicted molar refractivity (Wildman–Crippen MR) is 91.2 cm³/mol. The second-order valence-corrected chi connectivity index (χ2v) is 7.48. The minimum Gasteiger partial charge on any atom is -0.444 e. The summed E-state index contributed by atoms with van der Waals surface area (Å²) in [7, 11) is 0. The molecule has 5 nitrogen and oxygen atoms in total. The second kappa shape index (κ2) is 7.95. The van der Waals surface area contributed by atoms with Crippen LogP contribution in [0.4, 0.5) is 0 Å². The van der Waals surface area contributed by atoms with Crippen molar-refractivity contribution < 1.29 is 9.21 Å². The summed E-state index contributed by atoms with van der Waals surface area (Å²) in [5.74, 6) is 2.01. The maximum atomic E-state index is 12.2. The molecule has 0 N–H and O–H groups in total. The lowest BCUT2D eigenvalue weighted by Crippen LogP contribution is -2.34. The smallest absolute Gasteiger partial charge is 0.222 e. The number of carbonyl (C=O) groups is 1. The molecule has 1 aliphatic heterocycles. The summed E-state index contributed by atoms with van der Waals surface area (Å²) in [6.45, 7) is 12.8. The molecule has 1 aromatic rings. The van der Waals surface area contributed by atoms with Crippen LogP contribution in [0.5, 0.6) is 0 Å². The van der Waals surface area contributed by atoms with Gasteiger partial charge in [0.25, 0.3) is 0 Å². The fourth-order valence-electron chi connectivity index (χ4n) is 2.79. The van der Waals surface area contributed by atoms with E-state index < -0.39 is 0 Å². The molecule has 130 valence electrons. The molecule has 1 amide bonds. The standard InChI is InChI=1S/C18H31N3O2/c1-5-6-8-17(22)21-10-7-9-20(11-12-21)14-16-19-13-15(23-16)18(2,3)4/h13H,5-12,14H2,1-4H3. The summed E-state index contributed by atoms with van der Waals surface area (Å²) in [4.78, 5) is 20.9. The molecule has 0 aliphatic carbocycles. The molecule has 0 radical (unpaired) electrons. The van der Waals surface area contributed by atoms with Crippen molar-refractivity contribution in [2.45, 2.75) is 65.3 Å². The first-order chi connectivity index (χ1) is 10.9. The van der Waals surface area contributed by atoms with E-state index in [1.165, 1.54) is 0 Å². The van der Waals surface area contributed by atoms with E-state index in [-0.39, 0.29) is 5.41 Å². The summed E-state index contributed by atoms with van der Waals surface area (Å²) in [5.41, 5.74) is -0.00741.